The maximum absolute atomic E-state index is 13.3. The molecule has 0 unspecified atom stereocenters. The number of aryl methyl sites for hydroxylation is 1. The molecule has 4 nitrogen and oxygen atoms in total. The van der Waals surface area contributed by atoms with Crippen molar-refractivity contribution in [3.63, 3.8) is 0 Å². The summed E-state index contributed by atoms with van der Waals surface area (Å²) in [6.07, 6.45) is 0. The Morgan fingerprint density at radius 2 is 2.05 bits per heavy atom. The molecule has 0 saturated heterocycles. The highest BCUT2D eigenvalue weighted by molar-refractivity contribution is 5.34. The minimum atomic E-state index is -0.463. The molecular weight excluding hydrogens is 249 g/mol. The summed E-state index contributed by atoms with van der Waals surface area (Å²) in [5.41, 5.74) is 1.22. The Labute approximate surface area is 109 Å². The Kier molecular flexibility index (Phi) is 3.75. The van der Waals surface area contributed by atoms with Gasteiger partial charge in [-0.1, -0.05) is 18.2 Å². The molecule has 2 aromatic carbocycles. The van der Waals surface area contributed by atoms with E-state index >= 15 is 0 Å². The first-order valence-electron chi connectivity index (χ1n) is 5.68. The van der Waals surface area contributed by atoms with Crippen LogP contribution in [-0.4, -0.2) is 4.92 Å². The number of hydrogen-bond donors (Lipinski definition) is 0. The van der Waals surface area contributed by atoms with Gasteiger partial charge in [-0.2, -0.15) is 0 Å². The van der Waals surface area contributed by atoms with Gasteiger partial charge in [0.1, 0.15) is 18.2 Å². The lowest BCUT2D eigenvalue weighted by atomic mass is 10.2. The third kappa shape index (κ3) is 3.28. The molecule has 0 aliphatic carbocycles. The van der Waals surface area contributed by atoms with Crippen LogP contribution in [0.2, 0.25) is 0 Å². The first-order chi connectivity index (χ1) is 9.06. The summed E-state index contributed by atoms with van der Waals surface area (Å²) in [4.78, 5) is 10.2. The summed E-state index contributed by atoms with van der Waals surface area (Å²) >= 11 is 0. The molecule has 5 heteroatoms. The fraction of sp³-hybridized carbons (Fsp3) is 0.143. The summed E-state index contributed by atoms with van der Waals surface area (Å²) in [6.45, 7) is 1.82. The highest BCUT2D eigenvalue weighted by atomic mass is 19.1. The summed E-state index contributed by atoms with van der Waals surface area (Å²) in [5.74, 6) is 0.0612. The van der Waals surface area contributed by atoms with Crippen molar-refractivity contribution in [2.24, 2.45) is 0 Å². The van der Waals surface area contributed by atoms with Gasteiger partial charge in [0, 0.05) is 18.2 Å². The molecule has 0 saturated carbocycles. The lowest BCUT2D eigenvalue weighted by Gasteiger charge is -2.07. The van der Waals surface area contributed by atoms with E-state index in [1.54, 1.807) is 31.2 Å². The van der Waals surface area contributed by atoms with Crippen LogP contribution < -0.4 is 4.74 Å². The number of nitro benzene ring substituents is 1. The van der Waals surface area contributed by atoms with Crippen LogP contribution in [0.4, 0.5) is 10.1 Å². The topological polar surface area (TPSA) is 52.4 Å². The highest BCUT2D eigenvalue weighted by Crippen LogP contribution is 2.19. The second-order valence-electron chi connectivity index (χ2n) is 4.13. The van der Waals surface area contributed by atoms with Crippen LogP contribution in [0, 0.1) is 22.9 Å². The minimum Gasteiger partial charge on any atom is -0.489 e. The second kappa shape index (κ2) is 5.48. The second-order valence-corrected chi connectivity index (χ2v) is 4.13. The van der Waals surface area contributed by atoms with Gasteiger partial charge in [-0.15, -0.1) is 0 Å². The molecule has 0 aromatic heterocycles. The quantitative estimate of drug-likeness (QED) is 0.624. The van der Waals surface area contributed by atoms with Gasteiger partial charge < -0.3 is 4.74 Å². The number of ether oxygens (including phenoxy) is 1. The van der Waals surface area contributed by atoms with Gasteiger partial charge in [0.25, 0.3) is 5.69 Å². The fourth-order valence-electron chi connectivity index (χ4n) is 1.59. The van der Waals surface area contributed by atoms with Crippen molar-refractivity contribution >= 4 is 5.69 Å². The molecule has 98 valence electrons. The van der Waals surface area contributed by atoms with Gasteiger partial charge in [0.05, 0.1) is 4.92 Å². The Morgan fingerprint density at radius 1 is 1.26 bits per heavy atom. The highest BCUT2D eigenvalue weighted by Gasteiger charge is 2.06. The number of nitro groups is 1. The summed E-state index contributed by atoms with van der Waals surface area (Å²) < 4.78 is 18.7. The molecule has 2 aromatic rings. The van der Waals surface area contributed by atoms with E-state index in [9.17, 15) is 14.5 Å². The third-order valence-electron chi connectivity index (χ3n) is 2.67. The molecule has 0 N–H and O–H groups in total. The van der Waals surface area contributed by atoms with Crippen molar-refractivity contribution in [3.05, 3.63) is 69.5 Å². The van der Waals surface area contributed by atoms with Gasteiger partial charge in [-0.05, 0) is 24.1 Å². The Morgan fingerprint density at radius 3 is 2.74 bits per heavy atom. The predicted octanol–water partition coefficient (Wildman–Crippen LogP) is 3.62. The minimum absolute atomic E-state index is 0.0104. The maximum Gasteiger partial charge on any atom is 0.269 e. The SMILES string of the molecule is Cc1ccc(OCc2cccc([N+](=O)[O-])c2)cc1F. The van der Waals surface area contributed by atoms with E-state index < -0.39 is 4.92 Å². The van der Waals surface area contributed by atoms with Crippen LogP contribution in [0.3, 0.4) is 0 Å². The zero-order chi connectivity index (χ0) is 13.8. The largest absolute Gasteiger partial charge is 0.489 e. The average Bonchev–Trinajstić information content (AvgIpc) is 2.40. The Bertz CT molecular complexity index is 613. The van der Waals surface area contributed by atoms with Crippen LogP contribution in [0.1, 0.15) is 11.1 Å². The normalized spacial score (nSPS) is 10.2. The zero-order valence-corrected chi connectivity index (χ0v) is 10.3. The van der Waals surface area contributed by atoms with Crippen LogP contribution in [-0.2, 0) is 6.61 Å². The zero-order valence-electron chi connectivity index (χ0n) is 10.3. The van der Waals surface area contributed by atoms with Gasteiger partial charge in [0.2, 0.25) is 0 Å². The smallest absolute Gasteiger partial charge is 0.269 e. The van der Waals surface area contributed by atoms with E-state index in [0.29, 0.717) is 16.9 Å². The molecule has 0 aliphatic heterocycles. The molecule has 0 bridgehead atoms. The van der Waals surface area contributed by atoms with Gasteiger partial charge >= 0.3 is 0 Å². The van der Waals surface area contributed by atoms with E-state index in [4.69, 9.17) is 4.74 Å². The van der Waals surface area contributed by atoms with E-state index in [0.717, 1.165) is 0 Å². The Hall–Kier alpha value is -2.43. The van der Waals surface area contributed by atoms with Crippen molar-refractivity contribution in [1.29, 1.82) is 0 Å². The molecule has 2 rings (SSSR count). The molecule has 0 aliphatic rings. The number of benzene rings is 2. The molecular formula is C14H12FNO3. The number of halogens is 1. The van der Waals surface area contributed by atoms with Crippen molar-refractivity contribution in [1.82, 2.24) is 0 Å². The fourth-order valence-corrected chi connectivity index (χ4v) is 1.59. The average molecular weight is 261 g/mol. The van der Waals surface area contributed by atoms with Gasteiger partial charge in [-0.3, -0.25) is 10.1 Å². The summed E-state index contributed by atoms with van der Waals surface area (Å²) in [7, 11) is 0. The number of nitrogens with zero attached hydrogens (tertiary/aromatic N) is 1. The molecule has 0 spiro atoms. The predicted molar refractivity (Wildman–Crippen MR) is 68.6 cm³/mol. The molecule has 0 radical (unpaired) electrons. The number of hydrogen-bond acceptors (Lipinski definition) is 3. The van der Waals surface area contributed by atoms with Crippen LogP contribution in [0.5, 0.6) is 5.75 Å². The van der Waals surface area contributed by atoms with E-state index in [-0.39, 0.29) is 18.1 Å². The first kappa shape index (κ1) is 13.0. The number of non-ortho nitro benzene ring substituents is 1. The monoisotopic (exact) mass is 261 g/mol. The van der Waals surface area contributed by atoms with Crippen molar-refractivity contribution < 1.29 is 14.1 Å². The van der Waals surface area contributed by atoms with Gasteiger partial charge in [-0.25, -0.2) is 4.39 Å². The lowest BCUT2D eigenvalue weighted by Crippen LogP contribution is -1.97. The summed E-state index contributed by atoms with van der Waals surface area (Å²) in [5, 5.41) is 10.6. The molecule has 0 heterocycles. The van der Waals surface area contributed by atoms with E-state index in [1.165, 1.54) is 18.2 Å². The Balaban J connectivity index is 2.07. The van der Waals surface area contributed by atoms with Crippen molar-refractivity contribution in [3.8, 4) is 5.75 Å². The van der Waals surface area contributed by atoms with Crippen molar-refractivity contribution in [2.45, 2.75) is 13.5 Å². The molecule has 0 fully saturated rings. The van der Waals surface area contributed by atoms with E-state index in [2.05, 4.69) is 0 Å². The van der Waals surface area contributed by atoms with Gasteiger partial charge in [0.15, 0.2) is 0 Å². The summed E-state index contributed by atoms with van der Waals surface area (Å²) in [6, 6.07) is 10.7. The number of rotatable bonds is 4. The maximum atomic E-state index is 13.3. The van der Waals surface area contributed by atoms with Crippen LogP contribution in [0.25, 0.3) is 0 Å². The lowest BCUT2D eigenvalue weighted by molar-refractivity contribution is -0.384. The molecule has 0 atom stereocenters. The molecule has 0 amide bonds. The van der Waals surface area contributed by atoms with Crippen LogP contribution >= 0.6 is 0 Å². The third-order valence-corrected chi connectivity index (χ3v) is 2.67. The van der Waals surface area contributed by atoms with Crippen molar-refractivity contribution in [2.75, 3.05) is 0 Å². The van der Waals surface area contributed by atoms with Crippen LogP contribution in [0.15, 0.2) is 42.5 Å². The standard InChI is InChI=1S/C14H12FNO3/c1-10-5-6-13(8-14(10)15)19-9-11-3-2-4-12(7-11)16(17)18/h2-8H,9H2,1H3. The molecule has 19 heavy (non-hydrogen) atoms. The van der Waals surface area contributed by atoms with E-state index in [1.807, 2.05) is 0 Å². The first-order valence-corrected chi connectivity index (χ1v) is 5.68.